The van der Waals surface area contributed by atoms with Crippen LogP contribution in [-0.4, -0.2) is 28.0 Å². The molecule has 5 nitrogen and oxygen atoms in total. The third-order valence-electron chi connectivity index (χ3n) is 1.60. The fraction of sp³-hybridized carbons (Fsp3) is 0.500. The molecule has 0 bridgehead atoms. The zero-order chi connectivity index (χ0) is 11.3. The van der Waals surface area contributed by atoms with Crippen LogP contribution in [-0.2, 0) is 4.79 Å². The molecule has 1 rings (SSSR count). The van der Waals surface area contributed by atoms with Crippen LogP contribution in [0.15, 0.2) is 18.5 Å². The molecule has 1 aromatic rings. The summed E-state index contributed by atoms with van der Waals surface area (Å²) in [6.07, 6.45) is 3.17. The van der Waals surface area contributed by atoms with Gasteiger partial charge in [0.2, 0.25) is 11.9 Å². The summed E-state index contributed by atoms with van der Waals surface area (Å²) in [5, 5.41) is 5.67. The molecule has 0 saturated heterocycles. The molecule has 0 aliphatic rings. The summed E-state index contributed by atoms with van der Waals surface area (Å²) in [6.45, 7) is 6.25. The maximum absolute atomic E-state index is 11.4. The molecule has 0 radical (unpaired) electrons. The highest BCUT2D eigenvalue weighted by atomic mass is 16.2. The Morgan fingerprint density at radius 2 is 1.93 bits per heavy atom. The Morgan fingerprint density at radius 3 is 2.47 bits per heavy atom. The average molecular weight is 208 g/mol. The summed E-state index contributed by atoms with van der Waals surface area (Å²) in [6, 6.07) is 1.70. The van der Waals surface area contributed by atoms with Crippen LogP contribution in [0.5, 0.6) is 0 Å². The summed E-state index contributed by atoms with van der Waals surface area (Å²) in [7, 11) is 0. The first-order chi connectivity index (χ1) is 6.97. The standard InChI is InChI=1S/C10H16N4O/c1-10(2,3)13-7-8(15)14-9-11-5-4-6-12-9/h4-6,13H,7H2,1-3H3,(H,11,12,14,15). The SMILES string of the molecule is CC(C)(C)NCC(=O)Nc1ncccn1. The lowest BCUT2D eigenvalue weighted by Crippen LogP contribution is -2.41. The van der Waals surface area contributed by atoms with Crippen molar-refractivity contribution in [3.8, 4) is 0 Å². The van der Waals surface area contributed by atoms with E-state index in [1.54, 1.807) is 18.5 Å². The highest BCUT2D eigenvalue weighted by Gasteiger charge is 2.11. The van der Waals surface area contributed by atoms with Crippen LogP contribution in [0.25, 0.3) is 0 Å². The molecule has 1 amide bonds. The van der Waals surface area contributed by atoms with Gasteiger partial charge in [0.25, 0.3) is 0 Å². The van der Waals surface area contributed by atoms with Crippen molar-refractivity contribution in [2.45, 2.75) is 26.3 Å². The first-order valence-corrected chi connectivity index (χ1v) is 4.79. The first-order valence-electron chi connectivity index (χ1n) is 4.79. The minimum atomic E-state index is -0.142. The Labute approximate surface area is 89.3 Å². The summed E-state index contributed by atoms with van der Waals surface area (Å²) in [4.78, 5) is 19.2. The molecule has 1 heterocycles. The van der Waals surface area contributed by atoms with Gasteiger partial charge in [-0.25, -0.2) is 9.97 Å². The first kappa shape index (κ1) is 11.6. The number of hydrogen-bond acceptors (Lipinski definition) is 4. The summed E-state index contributed by atoms with van der Waals surface area (Å²) in [5.41, 5.74) is -0.0745. The van der Waals surface area contributed by atoms with Crippen LogP contribution in [0.3, 0.4) is 0 Å². The highest BCUT2D eigenvalue weighted by molar-refractivity contribution is 5.90. The number of carbonyl (C=O) groups is 1. The second-order valence-electron chi connectivity index (χ2n) is 4.22. The van der Waals surface area contributed by atoms with Crippen molar-refractivity contribution in [3.05, 3.63) is 18.5 Å². The zero-order valence-electron chi connectivity index (χ0n) is 9.24. The molecule has 1 aromatic heterocycles. The molecule has 2 N–H and O–H groups in total. The minimum Gasteiger partial charge on any atom is -0.304 e. The van der Waals surface area contributed by atoms with E-state index < -0.39 is 0 Å². The van der Waals surface area contributed by atoms with Gasteiger partial charge in [-0.05, 0) is 26.8 Å². The summed E-state index contributed by atoms with van der Waals surface area (Å²) in [5.74, 6) is 0.189. The van der Waals surface area contributed by atoms with Crippen molar-refractivity contribution in [2.75, 3.05) is 11.9 Å². The van der Waals surface area contributed by atoms with Crippen molar-refractivity contribution in [3.63, 3.8) is 0 Å². The zero-order valence-corrected chi connectivity index (χ0v) is 9.24. The van der Waals surface area contributed by atoms with E-state index in [1.165, 1.54) is 0 Å². The molecule has 0 aromatic carbocycles. The van der Waals surface area contributed by atoms with Crippen molar-refractivity contribution in [2.24, 2.45) is 0 Å². The molecule has 0 spiro atoms. The van der Waals surface area contributed by atoms with Gasteiger partial charge in [-0.3, -0.25) is 10.1 Å². The number of nitrogens with one attached hydrogen (secondary N) is 2. The lowest BCUT2D eigenvalue weighted by atomic mass is 10.1. The van der Waals surface area contributed by atoms with Crippen LogP contribution < -0.4 is 10.6 Å². The normalized spacial score (nSPS) is 11.1. The topological polar surface area (TPSA) is 66.9 Å². The van der Waals surface area contributed by atoms with E-state index in [4.69, 9.17) is 0 Å². The van der Waals surface area contributed by atoms with Crippen molar-refractivity contribution >= 4 is 11.9 Å². The van der Waals surface area contributed by atoms with Gasteiger partial charge in [0.15, 0.2) is 0 Å². The molecular weight excluding hydrogens is 192 g/mol. The number of amides is 1. The van der Waals surface area contributed by atoms with Gasteiger partial charge in [-0.2, -0.15) is 0 Å². The molecule has 0 aliphatic heterocycles. The Kier molecular flexibility index (Phi) is 3.74. The second kappa shape index (κ2) is 4.84. The monoisotopic (exact) mass is 208 g/mol. The van der Waals surface area contributed by atoms with Gasteiger partial charge in [0.1, 0.15) is 0 Å². The predicted molar refractivity (Wildman–Crippen MR) is 58.4 cm³/mol. The quantitative estimate of drug-likeness (QED) is 0.771. The van der Waals surface area contributed by atoms with Crippen LogP contribution in [0.2, 0.25) is 0 Å². The summed E-state index contributed by atoms with van der Waals surface area (Å²) < 4.78 is 0. The average Bonchev–Trinajstić information content (AvgIpc) is 2.15. The van der Waals surface area contributed by atoms with Crippen molar-refractivity contribution < 1.29 is 4.79 Å². The summed E-state index contributed by atoms with van der Waals surface area (Å²) >= 11 is 0. The molecule has 5 heteroatoms. The van der Waals surface area contributed by atoms with Gasteiger partial charge in [0.05, 0.1) is 6.54 Å². The predicted octanol–water partition coefficient (Wildman–Crippen LogP) is 0.803. The lowest BCUT2D eigenvalue weighted by molar-refractivity contribution is -0.115. The molecule has 0 atom stereocenters. The minimum absolute atomic E-state index is 0.0745. The lowest BCUT2D eigenvalue weighted by Gasteiger charge is -2.19. The molecule has 0 fully saturated rings. The van der Waals surface area contributed by atoms with Crippen molar-refractivity contribution in [1.29, 1.82) is 0 Å². The van der Waals surface area contributed by atoms with Gasteiger partial charge >= 0.3 is 0 Å². The van der Waals surface area contributed by atoms with E-state index in [0.717, 1.165) is 0 Å². The van der Waals surface area contributed by atoms with Crippen LogP contribution in [0.4, 0.5) is 5.95 Å². The Morgan fingerprint density at radius 1 is 1.33 bits per heavy atom. The van der Waals surface area contributed by atoms with E-state index in [1.807, 2.05) is 20.8 Å². The van der Waals surface area contributed by atoms with Gasteiger partial charge in [-0.15, -0.1) is 0 Å². The van der Waals surface area contributed by atoms with Crippen LogP contribution in [0, 0.1) is 0 Å². The molecule has 0 saturated carbocycles. The molecular formula is C10H16N4O. The number of nitrogens with zero attached hydrogens (tertiary/aromatic N) is 2. The Balaban J connectivity index is 2.38. The van der Waals surface area contributed by atoms with Crippen LogP contribution >= 0.6 is 0 Å². The fourth-order valence-corrected chi connectivity index (χ4v) is 0.878. The Hall–Kier alpha value is -1.49. The van der Waals surface area contributed by atoms with Crippen LogP contribution in [0.1, 0.15) is 20.8 Å². The largest absolute Gasteiger partial charge is 0.304 e. The number of hydrogen-bond donors (Lipinski definition) is 2. The number of aromatic nitrogens is 2. The smallest absolute Gasteiger partial charge is 0.240 e. The van der Waals surface area contributed by atoms with E-state index in [-0.39, 0.29) is 18.0 Å². The maximum Gasteiger partial charge on any atom is 0.240 e. The third kappa shape index (κ3) is 5.07. The van der Waals surface area contributed by atoms with Gasteiger partial charge in [-0.1, -0.05) is 0 Å². The number of carbonyl (C=O) groups excluding carboxylic acids is 1. The third-order valence-corrected chi connectivity index (χ3v) is 1.60. The number of anilines is 1. The molecule has 0 unspecified atom stereocenters. The van der Waals surface area contributed by atoms with E-state index in [0.29, 0.717) is 5.95 Å². The Bertz CT molecular complexity index is 318. The van der Waals surface area contributed by atoms with E-state index >= 15 is 0 Å². The van der Waals surface area contributed by atoms with E-state index in [9.17, 15) is 4.79 Å². The van der Waals surface area contributed by atoms with Gasteiger partial charge < -0.3 is 5.32 Å². The highest BCUT2D eigenvalue weighted by Crippen LogP contribution is 1.98. The van der Waals surface area contributed by atoms with Gasteiger partial charge in [0, 0.05) is 17.9 Å². The molecule has 0 aliphatic carbocycles. The molecule has 15 heavy (non-hydrogen) atoms. The maximum atomic E-state index is 11.4. The fourth-order valence-electron chi connectivity index (χ4n) is 0.878. The second-order valence-corrected chi connectivity index (χ2v) is 4.22. The van der Waals surface area contributed by atoms with E-state index in [2.05, 4.69) is 20.6 Å². The molecule has 82 valence electrons. The number of rotatable bonds is 3. The van der Waals surface area contributed by atoms with Crippen molar-refractivity contribution in [1.82, 2.24) is 15.3 Å².